The van der Waals surface area contributed by atoms with E-state index in [1.807, 2.05) is 41.3 Å². The summed E-state index contributed by atoms with van der Waals surface area (Å²) in [6, 6.07) is 11.1. The Balaban J connectivity index is 1.66. The Labute approximate surface area is 243 Å². The molecule has 9 heteroatoms. The number of amides is 1. The summed E-state index contributed by atoms with van der Waals surface area (Å²) in [4.78, 5) is 30.6. The summed E-state index contributed by atoms with van der Waals surface area (Å²) in [5.74, 6) is -0.200. The molecule has 0 aliphatic carbocycles. The second-order valence-electron chi connectivity index (χ2n) is 11.0. The molecule has 4 rings (SSSR count). The van der Waals surface area contributed by atoms with Gasteiger partial charge in [-0.15, -0.1) is 0 Å². The molecule has 2 N–H and O–H groups in total. The lowest BCUT2D eigenvalue weighted by Crippen LogP contribution is -2.44. The third-order valence-corrected chi connectivity index (χ3v) is 8.36. The van der Waals surface area contributed by atoms with E-state index in [4.69, 9.17) is 14.2 Å². The Bertz CT molecular complexity index is 1180. The zero-order valence-corrected chi connectivity index (χ0v) is 24.5. The minimum Gasteiger partial charge on any atom is -0.496 e. The molecule has 0 unspecified atom stereocenters. The molecule has 2 aliphatic heterocycles. The van der Waals surface area contributed by atoms with Crippen LogP contribution in [0.2, 0.25) is 0 Å². The molecular weight excluding hydrogens is 524 g/mol. The van der Waals surface area contributed by atoms with E-state index in [1.54, 1.807) is 7.11 Å². The number of fused-ring (bicyclic) bond motifs is 1. The first kappa shape index (κ1) is 30.7. The number of benzene rings is 2. The Kier molecular flexibility index (Phi) is 10.9. The summed E-state index contributed by atoms with van der Waals surface area (Å²) in [6.07, 6.45) is 5.06. The van der Waals surface area contributed by atoms with Crippen LogP contribution in [0.15, 0.2) is 36.4 Å². The van der Waals surface area contributed by atoms with Crippen molar-refractivity contribution in [1.29, 1.82) is 0 Å². The number of likely N-dealkylation sites (tertiary alicyclic amines) is 1. The number of carbonyl (C=O) groups is 2. The van der Waals surface area contributed by atoms with Crippen molar-refractivity contribution in [2.24, 2.45) is 5.92 Å². The fourth-order valence-corrected chi connectivity index (χ4v) is 6.17. The highest BCUT2D eigenvalue weighted by Gasteiger charge is 2.47. The monoisotopic (exact) mass is 568 g/mol. The third kappa shape index (κ3) is 7.13. The fraction of sp³-hybridized carbons (Fsp3) is 0.562. The summed E-state index contributed by atoms with van der Waals surface area (Å²) >= 11 is 0. The van der Waals surface area contributed by atoms with Gasteiger partial charge in [-0.3, -0.25) is 14.5 Å². The molecule has 1 amide bonds. The number of hydrogen-bond donors (Lipinski definition) is 2. The molecule has 0 bridgehead atoms. The molecule has 9 nitrogen and oxygen atoms in total. The van der Waals surface area contributed by atoms with Crippen molar-refractivity contribution in [3.8, 4) is 17.2 Å². The van der Waals surface area contributed by atoms with Gasteiger partial charge in [0.1, 0.15) is 5.75 Å². The Morgan fingerprint density at radius 3 is 2.46 bits per heavy atom. The number of nitrogens with zero attached hydrogens (tertiary/aromatic N) is 2. The van der Waals surface area contributed by atoms with Crippen LogP contribution >= 0.6 is 0 Å². The number of aryl methyl sites for hydroxylation is 1. The average molecular weight is 569 g/mol. The van der Waals surface area contributed by atoms with Crippen molar-refractivity contribution >= 4 is 11.9 Å². The van der Waals surface area contributed by atoms with Crippen molar-refractivity contribution in [3.05, 3.63) is 53.1 Å². The minimum absolute atomic E-state index is 0.0423. The average Bonchev–Trinajstić information content (AvgIpc) is 3.60. The second-order valence-corrected chi connectivity index (χ2v) is 11.0. The highest BCUT2D eigenvalue weighted by atomic mass is 16.7. The summed E-state index contributed by atoms with van der Waals surface area (Å²) < 4.78 is 16.7. The lowest BCUT2D eigenvalue weighted by molar-refractivity contribution is -0.143. The number of hydrogen-bond acceptors (Lipinski definition) is 7. The van der Waals surface area contributed by atoms with Crippen LogP contribution in [-0.2, 0) is 22.6 Å². The van der Waals surface area contributed by atoms with Crippen LogP contribution in [0, 0.1) is 5.92 Å². The van der Waals surface area contributed by atoms with Gasteiger partial charge in [0, 0.05) is 37.2 Å². The number of carbonyl (C=O) groups excluding carboxylic acids is 1. The predicted molar refractivity (Wildman–Crippen MR) is 155 cm³/mol. The topological polar surface area (TPSA) is 109 Å². The van der Waals surface area contributed by atoms with Crippen LogP contribution in [0.4, 0.5) is 0 Å². The highest BCUT2D eigenvalue weighted by molar-refractivity contribution is 5.79. The first-order chi connectivity index (χ1) is 19.9. The van der Waals surface area contributed by atoms with E-state index in [9.17, 15) is 19.8 Å². The van der Waals surface area contributed by atoms with Gasteiger partial charge < -0.3 is 29.3 Å². The van der Waals surface area contributed by atoms with Crippen LogP contribution in [0.1, 0.15) is 68.6 Å². The predicted octanol–water partition coefficient (Wildman–Crippen LogP) is 4.45. The number of aliphatic hydroxyl groups excluding tert-OH is 1. The number of carboxylic acid groups (broad SMARTS) is 1. The van der Waals surface area contributed by atoms with E-state index in [1.165, 1.54) is 0 Å². The number of aliphatic hydroxyl groups is 1. The number of rotatable bonds is 15. The van der Waals surface area contributed by atoms with Crippen LogP contribution in [0.3, 0.4) is 0 Å². The van der Waals surface area contributed by atoms with Gasteiger partial charge in [0.2, 0.25) is 12.7 Å². The van der Waals surface area contributed by atoms with Gasteiger partial charge >= 0.3 is 5.97 Å². The van der Waals surface area contributed by atoms with E-state index >= 15 is 0 Å². The molecule has 0 radical (unpaired) electrons. The highest BCUT2D eigenvalue weighted by Crippen LogP contribution is 2.45. The SMILES string of the molecule is CCCCN(CCCC)C(=O)CN1C[C@H](c2cc(CO)c3c(c2)OCO3)[C@@H](C(=O)O)[C@@H]1CCc1ccccc1OC. The number of ether oxygens (including phenoxy) is 3. The number of carboxylic acids is 1. The van der Waals surface area contributed by atoms with E-state index in [-0.39, 0.29) is 37.8 Å². The van der Waals surface area contributed by atoms with Gasteiger partial charge in [0.15, 0.2) is 11.5 Å². The lowest BCUT2D eigenvalue weighted by atomic mass is 9.82. The molecule has 0 aromatic heterocycles. The van der Waals surface area contributed by atoms with Gasteiger partial charge in [0.25, 0.3) is 0 Å². The molecule has 0 saturated carbocycles. The molecule has 2 aromatic rings. The van der Waals surface area contributed by atoms with E-state index in [0.717, 1.165) is 42.6 Å². The fourth-order valence-electron chi connectivity index (χ4n) is 6.17. The number of methoxy groups -OCH3 is 1. The van der Waals surface area contributed by atoms with Crippen LogP contribution in [0.25, 0.3) is 0 Å². The Morgan fingerprint density at radius 1 is 1.07 bits per heavy atom. The van der Waals surface area contributed by atoms with Crippen molar-refractivity contribution in [2.75, 3.05) is 40.1 Å². The van der Waals surface area contributed by atoms with Crippen molar-refractivity contribution in [1.82, 2.24) is 9.80 Å². The maximum Gasteiger partial charge on any atom is 0.308 e. The van der Waals surface area contributed by atoms with Crippen molar-refractivity contribution in [3.63, 3.8) is 0 Å². The normalized spacial score (nSPS) is 19.9. The van der Waals surface area contributed by atoms with Gasteiger partial charge in [-0.25, -0.2) is 0 Å². The van der Waals surface area contributed by atoms with Crippen LogP contribution < -0.4 is 14.2 Å². The molecule has 41 heavy (non-hydrogen) atoms. The van der Waals surface area contributed by atoms with E-state index in [0.29, 0.717) is 49.5 Å². The zero-order chi connectivity index (χ0) is 29.4. The van der Waals surface area contributed by atoms with Gasteiger partial charge in [-0.05, 0) is 55.0 Å². The number of aliphatic carboxylic acids is 1. The summed E-state index contributed by atoms with van der Waals surface area (Å²) in [5.41, 5.74) is 2.35. The second kappa shape index (κ2) is 14.5. The lowest BCUT2D eigenvalue weighted by Gasteiger charge is -2.30. The summed E-state index contributed by atoms with van der Waals surface area (Å²) in [7, 11) is 1.63. The quantitative estimate of drug-likeness (QED) is 0.325. The van der Waals surface area contributed by atoms with Gasteiger partial charge in [-0.2, -0.15) is 0 Å². The molecule has 3 atom stereocenters. The molecule has 224 valence electrons. The molecule has 2 aromatic carbocycles. The molecular formula is C32H44N2O7. The smallest absolute Gasteiger partial charge is 0.308 e. The zero-order valence-electron chi connectivity index (χ0n) is 24.5. The van der Waals surface area contributed by atoms with E-state index in [2.05, 4.69) is 18.7 Å². The maximum absolute atomic E-state index is 13.7. The van der Waals surface area contributed by atoms with E-state index < -0.39 is 11.9 Å². The standard InChI is InChI=1S/C32H44N2O7/c1-4-6-14-33(15-7-5-2)29(36)19-34-18-25(23-16-24(20-35)31-28(17-23)40-21-41-31)30(32(37)38)26(34)13-12-22-10-8-9-11-27(22)39-3/h8-11,16-17,25-26,30,35H,4-7,12-15,18-21H2,1-3H3,(H,37,38)/t25-,26+,30-/m1/s1. The molecule has 2 heterocycles. The Hall–Kier alpha value is -3.30. The summed E-state index contributed by atoms with van der Waals surface area (Å²) in [6.45, 7) is 6.06. The number of para-hydroxylation sites is 1. The van der Waals surface area contributed by atoms with Gasteiger partial charge in [0.05, 0.1) is 26.2 Å². The molecule has 1 fully saturated rings. The van der Waals surface area contributed by atoms with Crippen molar-refractivity contribution < 1.29 is 34.0 Å². The van der Waals surface area contributed by atoms with Gasteiger partial charge in [-0.1, -0.05) is 44.9 Å². The van der Waals surface area contributed by atoms with Crippen LogP contribution in [0.5, 0.6) is 17.2 Å². The number of unbranched alkanes of at least 4 members (excludes halogenated alkanes) is 2. The summed E-state index contributed by atoms with van der Waals surface area (Å²) in [5, 5.41) is 20.6. The minimum atomic E-state index is -0.896. The maximum atomic E-state index is 13.7. The largest absolute Gasteiger partial charge is 0.496 e. The molecule has 2 aliphatic rings. The first-order valence-electron chi connectivity index (χ1n) is 14.8. The Morgan fingerprint density at radius 2 is 1.80 bits per heavy atom. The molecule has 0 spiro atoms. The first-order valence-corrected chi connectivity index (χ1v) is 14.8. The molecule has 1 saturated heterocycles. The third-order valence-electron chi connectivity index (χ3n) is 8.36. The van der Waals surface area contributed by atoms with Crippen molar-refractivity contribution in [2.45, 2.75) is 70.9 Å². The van der Waals surface area contributed by atoms with Crippen LogP contribution in [-0.4, -0.2) is 78.0 Å².